The van der Waals surface area contributed by atoms with Crippen molar-refractivity contribution >= 4 is 12.2 Å². The van der Waals surface area contributed by atoms with Gasteiger partial charge in [0.1, 0.15) is 18.9 Å². The number of benzene rings is 2. The van der Waals surface area contributed by atoms with Crippen molar-refractivity contribution in [1.29, 1.82) is 0 Å². The number of quaternary nitrogens is 1. The van der Waals surface area contributed by atoms with Crippen LogP contribution in [0.2, 0.25) is 0 Å². The average Bonchev–Trinajstić information content (AvgIpc) is 2.67. The van der Waals surface area contributed by atoms with Crippen LogP contribution in [0.25, 0.3) is 0 Å². The number of nitrogens with one attached hydrogen (secondary N) is 1. The van der Waals surface area contributed by atoms with Crippen molar-refractivity contribution in [3.63, 3.8) is 0 Å². The van der Waals surface area contributed by atoms with Gasteiger partial charge in [-0.3, -0.25) is 5.01 Å². The number of para-hydroxylation sites is 1. The molecule has 1 fully saturated rings. The highest BCUT2D eigenvalue weighted by molar-refractivity contribution is 5.83. The molecule has 0 amide bonds. The van der Waals surface area contributed by atoms with E-state index in [1.807, 2.05) is 23.2 Å². The Morgan fingerprint density at radius 1 is 1.12 bits per heavy atom. The van der Waals surface area contributed by atoms with E-state index >= 15 is 0 Å². The van der Waals surface area contributed by atoms with Crippen LogP contribution in [0.4, 0.5) is 0 Å². The van der Waals surface area contributed by atoms with Crippen molar-refractivity contribution in [1.82, 2.24) is 5.01 Å². The van der Waals surface area contributed by atoms with E-state index < -0.39 is 12.6 Å². The summed E-state index contributed by atoms with van der Waals surface area (Å²) in [6.07, 6.45) is 1.73. The molecule has 0 unspecified atom stereocenters. The molecule has 2 aromatic carbocycles. The van der Waals surface area contributed by atoms with Crippen LogP contribution in [0.1, 0.15) is 11.1 Å². The molecule has 0 aromatic heterocycles. The summed E-state index contributed by atoms with van der Waals surface area (Å²) in [5.41, 5.74) is 2.12. The molecule has 3 rings (SSSR count). The van der Waals surface area contributed by atoms with Crippen LogP contribution in [0.15, 0.2) is 59.7 Å². The molecule has 2 aromatic rings. The number of hydrogen-bond acceptors (Lipinski definition) is 5. The number of aliphatic carboxylic acids is 1. The van der Waals surface area contributed by atoms with Gasteiger partial charge in [-0.25, -0.2) is 0 Å². The molecule has 26 heavy (non-hydrogen) atoms. The Morgan fingerprint density at radius 2 is 1.81 bits per heavy atom. The summed E-state index contributed by atoms with van der Waals surface area (Å²) < 4.78 is 5.25. The van der Waals surface area contributed by atoms with Crippen LogP contribution in [0.3, 0.4) is 0 Å². The van der Waals surface area contributed by atoms with Gasteiger partial charge in [0.25, 0.3) is 0 Å². The minimum Gasteiger partial charge on any atom is -0.546 e. The molecule has 136 valence electrons. The van der Waals surface area contributed by atoms with Crippen LogP contribution < -0.4 is 14.7 Å². The summed E-state index contributed by atoms with van der Waals surface area (Å²) in [5.74, 6) is -0.747. The summed E-state index contributed by atoms with van der Waals surface area (Å²) in [4.78, 5) is 12.1. The maximum absolute atomic E-state index is 10.6. The number of piperazine rings is 1. The lowest BCUT2D eigenvalue weighted by atomic mass is 10.2. The first-order valence-electron chi connectivity index (χ1n) is 8.79. The summed E-state index contributed by atoms with van der Waals surface area (Å²) in [6, 6.07) is 17.8. The fraction of sp³-hybridized carbons (Fsp3) is 0.300. The van der Waals surface area contributed by atoms with Crippen molar-refractivity contribution < 1.29 is 19.5 Å². The second-order valence-electron chi connectivity index (χ2n) is 6.31. The van der Waals surface area contributed by atoms with E-state index in [4.69, 9.17) is 4.74 Å². The molecule has 0 saturated carbocycles. The first-order valence-corrected chi connectivity index (χ1v) is 8.79. The van der Waals surface area contributed by atoms with Crippen LogP contribution in [-0.4, -0.2) is 50.0 Å². The van der Waals surface area contributed by atoms with Crippen molar-refractivity contribution in [3.8, 4) is 5.75 Å². The van der Waals surface area contributed by atoms with Crippen LogP contribution in [0, 0.1) is 0 Å². The SMILES string of the molecule is O=C([O-])COc1ccccc1/C=N/N1CC[NH+](Cc2ccccc2)CC1. The number of carboxylic acids is 1. The average molecular weight is 353 g/mol. The van der Waals surface area contributed by atoms with E-state index in [1.54, 1.807) is 23.2 Å². The van der Waals surface area contributed by atoms with Crippen LogP contribution in [0.5, 0.6) is 5.75 Å². The number of hydrogen-bond donors (Lipinski definition) is 1. The van der Waals surface area contributed by atoms with Gasteiger partial charge in [-0.1, -0.05) is 42.5 Å². The Balaban J connectivity index is 1.52. The number of nitrogens with zero attached hydrogens (tertiary/aromatic N) is 2. The zero-order valence-electron chi connectivity index (χ0n) is 14.6. The maximum Gasteiger partial charge on any atom is 0.128 e. The molecule has 0 spiro atoms. The highest BCUT2D eigenvalue weighted by Crippen LogP contribution is 2.15. The predicted octanol–water partition coefficient (Wildman–Crippen LogP) is -0.450. The van der Waals surface area contributed by atoms with E-state index in [-0.39, 0.29) is 0 Å². The molecule has 6 heteroatoms. The zero-order chi connectivity index (χ0) is 18.2. The van der Waals surface area contributed by atoms with E-state index in [0.717, 1.165) is 38.3 Å². The lowest BCUT2D eigenvalue weighted by molar-refractivity contribution is -0.918. The lowest BCUT2D eigenvalue weighted by Crippen LogP contribution is -3.13. The molecule has 1 saturated heterocycles. The van der Waals surface area contributed by atoms with Gasteiger partial charge in [0.05, 0.1) is 38.4 Å². The second kappa shape index (κ2) is 9.01. The third-order valence-corrected chi connectivity index (χ3v) is 4.37. The molecule has 0 bridgehead atoms. The summed E-state index contributed by atoms with van der Waals surface area (Å²) in [5, 5.41) is 17.2. The summed E-state index contributed by atoms with van der Waals surface area (Å²) in [6.45, 7) is 4.43. The van der Waals surface area contributed by atoms with Crippen molar-refractivity contribution in [2.75, 3.05) is 32.8 Å². The summed E-state index contributed by atoms with van der Waals surface area (Å²) >= 11 is 0. The van der Waals surface area contributed by atoms with E-state index in [9.17, 15) is 9.90 Å². The quantitative estimate of drug-likeness (QED) is 0.685. The second-order valence-corrected chi connectivity index (χ2v) is 6.31. The van der Waals surface area contributed by atoms with E-state index in [2.05, 4.69) is 29.4 Å². The van der Waals surface area contributed by atoms with Crippen molar-refractivity contribution in [2.24, 2.45) is 5.10 Å². The third-order valence-electron chi connectivity index (χ3n) is 4.37. The molecule has 6 nitrogen and oxygen atoms in total. The topological polar surface area (TPSA) is 69.4 Å². The minimum absolute atomic E-state index is 0.466. The smallest absolute Gasteiger partial charge is 0.128 e. The number of hydrazone groups is 1. The van der Waals surface area contributed by atoms with Gasteiger partial charge in [0.2, 0.25) is 0 Å². The van der Waals surface area contributed by atoms with Gasteiger partial charge in [-0.05, 0) is 12.1 Å². The largest absolute Gasteiger partial charge is 0.546 e. The molecule has 1 N–H and O–H groups in total. The summed E-state index contributed by atoms with van der Waals surface area (Å²) in [7, 11) is 0. The monoisotopic (exact) mass is 353 g/mol. The molecule has 1 aliphatic heterocycles. The number of carbonyl (C=O) groups is 1. The van der Waals surface area contributed by atoms with E-state index in [1.165, 1.54) is 5.56 Å². The number of carbonyl (C=O) groups excluding carboxylic acids is 1. The molecular formula is C20H23N3O3. The first-order chi connectivity index (χ1) is 12.7. The lowest BCUT2D eigenvalue weighted by Gasteiger charge is -2.30. The molecule has 0 aliphatic carbocycles. The molecule has 1 heterocycles. The number of ether oxygens (including phenoxy) is 1. The first kappa shape index (κ1) is 17.9. The molecule has 0 atom stereocenters. The molecule has 1 aliphatic rings. The van der Waals surface area contributed by atoms with E-state index in [0.29, 0.717) is 5.75 Å². The highest BCUT2D eigenvalue weighted by Gasteiger charge is 2.18. The Morgan fingerprint density at radius 3 is 2.54 bits per heavy atom. The van der Waals surface area contributed by atoms with Gasteiger partial charge in [-0.2, -0.15) is 5.10 Å². The normalized spacial score (nSPS) is 15.3. The van der Waals surface area contributed by atoms with Gasteiger partial charge < -0.3 is 19.5 Å². The standard InChI is InChI=1S/C20H23N3O3/c24-20(25)16-26-19-9-5-4-8-18(19)14-21-23-12-10-22(11-13-23)15-17-6-2-1-3-7-17/h1-9,14H,10-13,15-16H2,(H,24,25)/b21-14+. The fourth-order valence-corrected chi connectivity index (χ4v) is 2.99. The van der Waals surface area contributed by atoms with Gasteiger partial charge in [0.15, 0.2) is 0 Å². The molecular weight excluding hydrogens is 330 g/mol. The van der Waals surface area contributed by atoms with Crippen molar-refractivity contribution in [3.05, 3.63) is 65.7 Å². The van der Waals surface area contributed by atoms with Crippen LogP contribution in [-0.2, 0) is 11.3 Å². The Labute approximate surface area is 153 Å². The van der Waals surface area contributed by atoms with Gasteiger partial charge >= 0.3 is 0 Å². The highest BCUT2D eigenvalue weighted by atomic mass is 16.5. The Bertz CT molecular complexity index is 741. The number of rotatable bonds is 7. The fourth-order valence-electron chi connectivity index (χ4n) is 2.99. The van der Waals surface area contributed by atoms with Crippen molar-refractivity contribution in [2.45, 2.75) is 6.54 Å². The predicted molar refractivity (Wildman–Crippen MR) is 97.0 cm³/mol. The minimum atomic E-state index is -1.24. The third kappa shape index (κ3) is 5.32. The van der Waals surface area contributed by atoms with Gasteiger partial charge in [-0.15, -0.1) is 0 Å². The van der Waals surface area contributed by atoms with Crippen LogP contribution >= 0.6 is 0 Å². The number of carboxylic acid groups (broad SMARTS) is 1. The van der Waals surface area contributed by atoms with Gasteiger partial charge in [0, 0.05) is 11.1 Å². The Kier molecular flexibility index (Phi) is 6.22. The maximum atomic E-state index is 10.6. The zero-order valence-corrected chi connectivity index (χ0v) is 14.6. The molecule has 0 radical (unpaired) electrons. The Hall–Kier alpha value is -2.86.